The van der Waals surface area contributed by atoms with Crippen LogP contribution in [0, 0.1) is 17.1 Å². The van der Waals surface area contributed by atoms with Crippen molar-refractivity contribution in [2.75, 3.05) is 5.32 Å². The third-order valence-electron chi connectivity index (χ3n) is 4.47. The number of carbonyl (C=O) groups excluding carboxylic acids is 1. The molecule has 1 amide bonds. The van der Waals surface area contributed by atoms with Gasteiger partial charge in [-0.15, -0.1) is 0 Å². The van der Waals surface area contributed by atoms with Crippen molar-refractivity contribution in [1.29, 1.82) is 5.26 Å². The summed E-state index contributed by atoms with van der Waals surface area (Å²) < 4.78 is 54.2. The van der Waals surface area contributed by atoms with Crippen LogP contribution >= 0.6 is 11.6 Å². The van der Waals surface area contributed by atoms with Gasteiger partial charge in [0.25, 0.3) is 5.91 Å². The number of benzene rings is 2. The highest BCUT2D eigenvalue weighted by Crippen LogP contribution is 2.34. The van der Waals surface area contributed by atoms with Crippen LogP contribution in [0.15, 0.2) is 42.6 Å². The maximum atomic E-state index is 13.4. The average molecular weight is 440 g/mol. The van der Waals surface area contributed by atoms with Gasteiger partial charge in [-0.25, -0.2) is 4.39 Å². The SMILES string of the molecule is C[C@](O)(Cn1cc(Cl)c2cc(F)ccc21)C(=O)Nc1ccc(C#N)c(C(F)(F)F)c1. The van der Waals surface area contributed by atoms with Crippen molar-refractivity contribution in [3.8, 4) is 6.07 Å². The molecule has 3 aromatic rings. The zero-order valence-corrected chi connectivity index (χ0v) is 16.1. The number of alkyl halides is 3. The molecule has 10 heteroatoms. The number of rotatable bonds is 4. The molecule has 1 atom stereocenters. The Morgan fingerprint density at radius 2 is 1.97 bits per heavy atom. The number of amides is 1. The maximum absolute atomic E-state index is 13.4. The second kappa shape index (κ2) is 7.63. The topological polar surface area (TPSA) is 78.1 Å². The van der Waals surface area contributed by atoms with E-state index in [1.807, 2.05) is 0 Å². The Kier molecular flexibility index (Phi) is 5.50. The summed E-state index contributed by atoms with van der Waals surface area (Å²) in [6.45, 7) is 0.885. The van der Waals surface area contributed by atoms with Crippen LogP contribution in [0.3, 0.4) is 0 Å². The lowest BCUT2D eigenvalue weighted by molar-refractivity contribution is -0.138. The summed E-state index contributed by atoms with van der Waals surface area (Å²) in [5.74, 6) is -1.48. The number of nitrogens with one attached hydrogen (secondary N) is 1. The van der Waals surface area contributed by atoms with Crippen molar-refractivity contribution in [2.45, 2.75) is 25.2 Å². The number of hydrogen-bond acceptors (Lipinski definition) is 3. The van der Waals surface area contributed by atoms with Gasteiger partial charge in [0.2, 0.25) is 0 Å². The summed E-state index contributed by atoms with van der Waals surface area (Å²) in [5.41, 5.74) is -3.60. The van der Waals surface area contributed by atoms with Crippen LogP contribution in [0.2, 0.25) is 5.02 Å². The van der Waals surface area contributed by atoms with Gasteiger partial charge in [0.1, 0.15) is 5.82 Å². The van der Waals surface area contributed by atoms with Gasteiger partial charge in [-0.3, -0.25) is 4.79 Å². The van der Waals surface area contributed by atoms with Crippen LogP contribution in [0.5, 0.6) is 0 Å². The van der Waals surface area contributed by atoms with Crippen LogP contribution in [0.25, 0.3) is 10.9 Å². The van der Waals surface area contributed by atoms with Crippen LogP contribution in [0.4, 0.5) is 23.2 Å². The standard InChI is InChI=1S/C20H14ClF4N3O2/c1-19(30,10-28-9-16(21)14-6-12(22)3-5-17(14)28)18(29)27-13-4-2-11(8-26)15(7-13)20(23,24)25/h2-7,9,30H,10H2,1H3,(H,27,29)/t19-/m0/s1. The Morgan fingerprint density at radius 1 is 1.27 bits per heavy atom. The number of nitriles is 1. The number of aliphatic hydroxyl groups is 1. The van der Waals surface area contributed by atoms with Gasteiger partial charge in [-0.1, -0.05) is 11.6 Å². The molecule has 3 rings (SSSR count). The lowest BCUT2D eigenvalue weighted by atomic mass is 10.0. The van der Waals surface area contributed by atoms with E-state index in [9.17, 15) is 27.5 Å². The van der Waals surface area contributed by atoms with Crippen molar-refractivity contribution in [3.63, 3.8) is 0 Å². The fraction of sp³-hybridized carbons (Fsp3) is 0.200. The van der Waals surface area contributed by atoms with Crippen LogP contribution in [0.1, 0.15) is 18.1 Å². The van der Waals surface area contributed by atoms with Crippen molar-refractivity contribution >= 4 is 34.1 Å². The predicted molar refractivity (Wildman–Crippen MR) is 102 cm³/mol. The molecule has 1 heterocycles. The number of nitrogens with zero attached hydrogens (tertiary/aromatic N) is 2. The molecule has 0 aliphatic heterocycles. The minimum absolute atomic E-state index is 0.211. The van der Waals surface area contributed by atoms with E-state index in [1.165, 1.54) is 42.0 Å². The molecular formula is C20H14ClF4N3O2. The zero-order chi connectivity index (χ0) is 22.3. The number of anilines is 1. The monoisotopic (exact) mass is 439 g/mol. The molecule has 30 heavy (non-hydrogen) atoms. The van der Waals surface area contributed by atoms with Crippen LogP contribution in [-0.4, -0.2) is 21.2 Å². The van der Waals surface area contributed by atoms with E-state index < -0.39 is 34.6 Å². The first kappa shape index (κ1) is 21.6. The second-order valence-corrected chi connectivity index (χ2v) is 7.27. The summed E-state index contributed by atoms with van der Waals surface area (Å²) in [6, 6.07) is 7.96. The van der Waals surface area contributed by atoms with E-state index in [0.717, 1.165) is 12.1 Å². The highest BCUT2D eigenvalue weighted by Gasteiger charge is 2.35. The molecule has 0 aliphatic carbocycles. The van der Waals surface area contributed by atoms with Gasteiger partial charge < -0.3 is 15.0 Å². The molecule has 0 spiro atoms. The molecule has 156 valence electrons. The number of carbonyl (C=O) groups is 1. The zero-order valence-electron chi connectivity index (χ0n) is 15.4. The minimum atomic E-state index is -4.79. The maximum Gasteiger partial charge on any atom is 0.417 e. The third kappa shape index (κ3) is 4.25. The molecule has 5 nitrogen and oxygen atoms in total. The number of halogens is 5. The molecule has 2 N–H and O–H groups in total. The lowest BCUT2D eigenvalue weighted by Crippen LogP contribution is -2.43. The van der Waals surface area contributed by atoms with E-state index in [4.69, 9.17) is 16.9 Å². The van der Waals surface area contributed by atoms with Gasteiger partial charge in [-0.2, -0.15) is 18.4 Å². The van der Waals surface area contributed by atoms with Gasteiger partial charge in [-0.05, 0) is 43.3 Å². The molecule has 0 saturated carbocycles. The molecule has 0 bridgehead atoms. The Bertz CT molecular complexity index is 1180. The summed E-state index contributed by atoms with van der Waals surface area (Å²) in [7, 11) is 0. The molecule has 1 aromatic heterocycles. The Hall–Kier alpha value is -3.09. The smallest absolute Gasteiger partial charge is 0.378 e. The third-order valence-corrected chi connectivity index (χ3v) is 4.77. The van der Waals surface area contributed by atoms with Crippen LogP contribution < -0.4 is 5.32 Å². The van der Waals surface area contributed by atoms with E-state index in [2.05, 4.69) is 5.32 Å². The minimum Gasteiger partial charge on any atom is -0.378 e. The fourth-order valence-corrected chi connectivity index (χ4v) is 3.25. The van der Waals surface area contributed by atoms with Gasteiger partial charge in [0, 0.05) is 22.8 Å². The summed E-state index contributed by atoms with van der Waals surface area (Å²) in [5, 5.41) is 22.3. The van der Waals surface area contributed by atoms with Crippen molar-refractivity contribution in [2.24, 2.45) is 0 Å². The number of aromatic nitrogens is 1. The van der Waals surface area contributed by atoms with E-state index >= 15 is 0 Å². The Labute approximate surface area is 173 Å². The molecule has 0 unspecified atom stereocenters. The Morgan fingerprint density at radius 3 is 2.60 bits per heavy atom. The highest BCUT2D eigenvalue weighted by atomic mass is 35.5. The molecule has 0 radical (unpaired) electrons. The van der Waals surface area contributed by atoms with Crippen LogP contribution in [-0.2, 0) is 17.5 Å². The second-order valence-electron chi connectivity index (χ2n) is 6.86. The lowest BCUT2D eigenvalue weighted by Gasteiger charge is -2.24. The molecular weight excluding hydrogens is 426 g/mol. The van der Waals surface area contributed by atoms with Crippen molar-refractivity contribution in [1.82, 2.24) is 4.57 Å². The van der Waals surface area contributed by atoms with Gasteiger partial charge >= 0.3 is 6.18 Å². The number of hydrogen-bond donors (Lipinski definition) is 2. The molecule has 0 aliphatic rings. The quantitative estimate of drug-likeness (QED) is 0.578. The van der Waals surface area contributed by atoms with Crippen molar-refractivity contribution < 1.29 is 27.5 Å². The first-order valence-corrected chi connectivity index (χ1v) is 8.89. The molecule has 0 fully saturated rings. The normalized spacial score (nSPS) is 13.7. The largest absolute Gasteiger partial charge is 0.417 e. The first-order valence-electron chi connectivity index (χ1n) is 8.51. The van der Waals surface area contributed by atoms with E-state index in [0.29, 0.717) is 17.0 Å². The fourth-order valence-electron chi connectivity index (χ4n) is 2.98. The highest BCUT2D eigenvalue weighted by molar-refractivity contribution is 6.35. The molecule has 2 aromatic carbocycles. The predicted octanol–water partition coefficient (Wildman–Crippen LogP) is 4.71. The van der Waals surface area contributed by atoms with Gasteiger partial charge in [0.05, 0.1) is 28.8 Å². The summed E-state index contributed by atoms with van der Waals surface area (Å²) >= 11 is 6.07. The molecule has 0 saturated heterocycles. The first-order chi connectivity index (χ1) is 13.9. The number of fused-ring (bicyclic) bond motifs is 1. The van der Waals surface area contributed by atoms with E-state index in [1.54, 1.807) is 0 Å². The average Bonchev–Trinajstić information content (AvgIpc) is 2.95. The van der Waals surface area contributed by atoms with E-state index in [-0.39, 0.29) is 17.3 Å². The Balaban J connectivity index is 1.86. The summed E-state index contributed by atoms with van der Waals surface area (Å²) in [4.78, 5) is 12.5. The van der Waals surface area contributed by atoms with Crippen molar-refractivity contribution in [3.05, 3.63) is 64.6 Å². The van der Waals surface area contributed by atoms with Gasteiger partial charge in [0.15, 0.2) is 5.60 Å². The summed E-state index contributed by atoms with van der Waals surface area (Å²) in [6.07, 6.45) is -3.37.